The van der Waals surface area contributed by atoms with Crippen molar-refractivity contribution in [3.8, 4) is 11.3 Å². The van der Waals surface area contributed by atoms with Crippen LogP contribution in [0.15, 0.2) is 65.1 Å². The van der Waals surface area contributed by atoms with Crippen LogP contribution in [-0.2, 0) is 23.1 Å². The predicted molar refractivity (Wildman–Crippen MR) is 132 cm³/mol. The van der Waals surface area contributed by atoms with Gasteiger partial charge in [0.05, 0.1) is 17.9 Å². The molecule has 0 radical (unpaired) electrons. The first-order valence-corrected chi connectivity index (χ1v) is 12.1. The van der Waals surface area contributed by atoms with E-state index in [0.717, 1.165) is 16.9 Å². The highest BCUT2D eigenvalue weighted by Crippen LogP contribution is 2.26. The molecule has 2 heterocycles. The molecule has 2 aromatic carbocycles. The van der Waals surface area contributed by atoms with Gasteiger partial charge in [-0.25, -0.2) is 4.98 Å². The molecule has 168 valence electrons. The second-order valence-corrected chi connectivity index (χ2v) is 9.17. The summed E-state index contributed by atoms with van der Waals surface area (Å²) < 4.78 is 1.71. The number of carbonyl (C=O) groups excluding carboxylic acids is 2. The summed E-state index contributed by atoms with van der Waals surface area (Å²) in [5, 5.41) is 17.4. The number of nitrogens with one attached hydrogen (secondary N) is 2. The Hall–Kier alpha value is -3.21. The number of anilines is 2. The van der Waals surface area contributed by atoms with Crippen LogP contribution in [0.1, 0.15) is 5.82 Å². The number of amides is 2. The number of thioether (sulfide) groups is 1. The van der Waals surface area contributed by atoms with Gasteiger partial charge in [0.2, 0.25) is 11.8 Å². The largest absolute Gasteiger partial charge is 0.326 e. The Kier molecular flexibility index (Phi) is 7.38. The molecule has 0 unspecified atom stereocenters. The maximum Gasteiger partial charge on any atom is 0.236 e. The molecule has 0 aliphatic heterocycles. The minimum absolute atomic E-state index is 0.0811. The van der Waals surface area contributed by atoms with Crippen LogP contribution < -0.4 is 10.6 Å². The summed E-state index contributed by atoms with van der Waals surface area (Å²) in [7, 11) is 1.77. The Morgan fingerprint density at radius 1 is 1.03 bits per heavy atom. The van der Waals surface area contributed by atoms with E-state index in [1.54, 1.807) is 23.7 Å². The van der Waals surface area contributed by atoms with Gasteiger partial charge in [-0.1, -0.05) is 53.7 Å². The third-order valence-corrected chi connectivity index (χ3v) is 6.55. The molecule has 0 fully saturated rings. The second-order valence-electron chi connectivity index (χ2n) is 6.93. The third kappa shape index (κ3) is 6.19. The molecule has 4 aromatic rings. The summed E-state index contributed by atoms with van der Waals surface area (Å²) in [6, 6.07) is 16.6. The van der Waals surface area contributed by atoms with Gasteiger partial charge in [0.1, 0.15) is 5.82 Å². The molecule has 11 heteroatoms. The SMILES string of the molecule is Cn1c(CC(=O)Nc2ccccc2)nnc1SCC(=O)Nc1nc(-c2ccc(Cl)cc2)cs1. The molecule has 0 atom stereocenters. The van der Waals surface area contributed by atoms with Crippen LogP contribution >= 0.6 is 34.7 Å². The van der Waals surface area contributed by atoms with Crippen molar-refractivity contribution in [2.75, 3.05) is 16.4 Å². The third-order valence-electron chi connectivity index (χ3n) is 4.52. The standard InChI is InChI=1S/C22H19ClN6O2S2/c1-29-18(11-19(30)24-16-5-3-2-4-6-16)27-28-22(29)33-13-20(31)26-21-25-17(12-32-21)14-7-9-15(23)10-8-14/h2-10,12H,11,13H2,1H3,(H,24,30)(H,25,26,31). The van der Waals surface area contributed by atoms with Crippen molar-refractivity contribution in [3.05, 3.63) is 70.8 Å². The summed E-state index contributed by atoms with van der Waals surface area (Å²) >= 11 is 8.51. The van der Waals surface area contributed by atoms with Gasteiger partial charge in [-0.3, -0.25) is 9.59 Å². The van der Waals surface area contributed by atoms with Gasteiger partial charge >= 0.3 is 0 Å². The Balaban J connectivity index is 1.29. The fourth-order valence-electron chi connectivity index (χ4n) is 2.86. The number of benzene rings is 2. The maximum absolute atomic E-state index is 12.4. The number of para-hydroxylation sites is 1. The topological polar surface area (TPSA) is 102 Å². The van der Waals surface area contributed by atoms with E-state index < -0.39 is 0 Å². The Labute approximate surface area is 203 Å². The number of rotatable bonds is 8. The highest BCUT2D eigenvalue weighted by atomic mass is 35.5. The molecule has 0 bridgehead atoms. The van der Waals surface area contributed by atoms with Gasteiger partial charge in [-0.2, -0.15) is 0 Å². The summed E-state index contributed by atoms with van der Waals surface area (Å²) in [6.07, 6.45) is 0.0811. The van der Waals surface area contributed by atoms with E-state index in [4.69, 9.17) is 11.6 Å². The molecule has 0 spiro atoms. The van der Waals surface area contributed by atoms with Crippen LogP contribution in [0.3, 0.4) is 0 Å². The van der Waals surface area contributed by atoms with E-state index in [1.807, 2.05) is 47.8 Å². The predicted octanol–water partition coefficient (Wildman–Crippen LogP) is 4.50. The van der Waals surface area contributed by atoms with Crippen LogP contribution in [-0.4, -0.2) is 37.3 Å². The van der Waals surface area contributed by atoms with Gasteiger partial charge in [-0.15, -0.1) is 21.5 Å². The summed E-state index contributed by atoms with van der Waals surface area (Å²) in [5.41, 5.74) is 2.41. The van der Waals surface area contributed by atoms with Crippen LogP contribution in [0.2, 0.25) is 5.02 Å². The first-order valence-electron chi connectivity index (χ1n) is 9.85. The summed E-state index contributed by atoms with van der Waals surface area (Å²) in [5.74, 6) is 0.256. The Morgan fingerprint density at radius 2 is 1.79 bits per heavy atom. The molecule has 33 heavy (non-hydrogen) atoms. The lowest BCUT2D eigenvalue weighted by molar-refractivity contribution is -0.116. The zero-order chi connectivity index (χ0) is 23.2. The average Bonchev–Trinajstić information content (AvgIpc) is 3.40. The van der Waals surface area contributed by atoms with Crippen LogP contribution in [0.5, 0.6) is 0 Å². The Morgan fingerprint density at radius 3 is 2.55 bits per heavy atom. The zero-order valence-electron chi connectivity index (χ0n) is 17.5. The van der Waals surface area contributed by atoms with Crippen LogP contribution in [0.25, 0.3) is 11.3 Å². The quantitative estimate of drug-likeness (QED) is 0.347. The highest BCUT2D eigenvalue weighted by molar-refractivity contribution is 7.99. The van der Waals surface area contributed by atoms with E-state index in [-0.39, 0.29) is 24.0 Å². The smallest absolute Gasteiger partial charge is 0.236 e. The maximum atomic E-state index is 12.4. The second kappa shape index (κ2) is 10.6. The molecular weight excluding hydrogens is 480 g/mol. The normalized spacial score (nSPS) is 10.7. The van der Waals surface area contributed by atoms with Gasteiger partial charge in [0, 0.05) is 28.7 Å². The fourth-order valence-corrected chi connectivity index (χ4v) is 4.46. The number of aromatic nitrogens is 4. The van der Waals surface area contributed by atoms with Crippen molar-refractivity contribution in [1.29, 1.82) is 0 Å². The van der Waals surface area contributed by atoms with Crippen LogP contribution in [0.4, 0.5) is 10.8 Å². The van der Waals surface area contributed by atoms with Crippen molar-refractivity contribution in [2.45, 2.75) is 11.6 Å². The van der Waals surface area contributed by atoms with E-state index in [0.29, 0.717) is 21.1 Å². The first-order chi connectivity index (χ1) is 16.0. The molecular formula is C22H19ClN6O2S2. The lowest BCUT2D eigenvalue weighted by atomic mass is 10.2. The molecule has 0 saturated heterocycles. The van der Waals surface area contributed by atoms with Crippen molar-refractivity contribution in [3.63, 3.8) is 0 Å². The number of thiazole rings is 1. The number of carbonyl (C=O) groups is 2. The van der Waals surface area contributed by atoms with Gasteiger partial charge in [-0.05, 0) is 24.3 Å². The number of hydrogen-bond acceptors (Lipinski definition) is 7. The molecule has 0 saturated carbocycles. The van der Waals surface area contributed by atoms with Crippen LogP contribution in [0, 0.1) is 0 Å². The Bertz CT molecular complexity index is 1260. The molecule has 2 N–H and O–H groups in total. The molecule has 8 nitrogen and oxygen atoms in total. The van der Waals surface area contributed by atoms with E-state index in [9.17, 15) is 9.59 Å². The minimum Gasteiger partial charge on any atom is -0.326 e. The lowest BCUT2D eigenvalue weighted by Crippen LogP contribution is -2.17. The molecule has 0 aliphatic rings. The first kappa shape index (κ1) is 23.0. The van der Waals surface area contributed by atoms with Gasteiger partial charge in [0.15, 0.2) is 10.3 Å². The van der Waals surface area contributed by atoms with Gasteiger partial charge in [0.25, 0.3) is 0 Å². The molecule has 0 aliphatic carbocycles. The molecule has 4 rings (SSSR count). The number of nitrogens with zero attached hydrogens (tertiary/aromatic N) is 4. The summed E-state index contributed by atoms with van der Waals surface area (Å²) in [4.78, 5) is 29.1. The average molecular weight is 499 g/mol. The van der Waals surface area contributed by atoms with E-state index in [2.05, 4.69) is 25.8 Å². The number of halogens is 1. The summed E-state index contributed by atoms with van der Waals surface area (Å²) in [6.45, 7) is 0. The van der Waals surface area contributed by atoms with Crippen molar-refractivity contribution >= 4 is 57.3 Å². The van der Waals surface area contributed by atoms with E-state index >= 15 is 0 Å². The molecule has 2 amide bonds. The monoisotopic (exact) mass is 498 g/mol. The van der Waals surface area contributed by atoms with Crippen molar-refractivity contribution < 1.29 is 9.59 Å². The highest BCUT2D eigenvalue weighted by Gasteiger charge is 2.15. The van der Waals surface area contributed by atoms with E-state index in [1.165, 1.54) is 23.1 Å². The van der Waals surface area contributed by atoms with Gasteiger partial charge < -0.3 is 15.2 Å². The minimum atomic E-state index is -0.205. The lowest BCUT2D eigenvalue weighted by Gasteiger charge is -2.06. The fraction of sp³-hybridized carbons (Fsp3) is 0.136. The van der Waals surface area contributed by atoms with Crippen molar-refractivity contribution in [2.24, 2.45) is 7.05 Å². The number of hydrogen-bond donors (Lipinski definition) is 2. The molecule has 2 aromatic heterocycles. The zero-order valence-corrected chi connectivity index (χ0v) is 19.9. The van der Waals surface area contributed by atoms with Crippen molar-refractivity contribution in [1.82, 2.24) is 19.7 Å².